The molecule has 6 heteroatoms. The highest BCUT2D eigenvalue weighted by atomic mass is 32.1. The molecule has 0 unspecified atom stereocenters. The summed E-state index contributed by atoms with van der Waals surface area (Å²) in [4.78, 5) is 22.9. The van der Waals surface area contributed by atoms with Crippen molar-refractivity contribution >= 4 is 21.7 Å². The summed E-state index contributed by atoms with van der Waals surface area (Å²) in [5.74, 6) is 0. The monoisotopic (exact) mass is 273 g/mol. The average Bonchev–Trinajstić information content (AvgIpc) is 2.84. The summed E-state index contributed by atoms with van der Waals surface area (Å²) in [5.41, 5.74) is 1.28. The molecule has 0 aliphatic carbocycles. The van der Waals surface area contributed by atoms with E-state index in [1.54, 1.807) is 0 Å². The van der Waals surface area contributed by atoms with Crippen LogP contribution in [0.4, 0.5) is 0 Å². The maximum Gasteiger partial charge on any atom is 0.278 e. The number of aromatic nitrogens is 3. The summed E-state index contributed by atoms with van der Waals surface area (Å²) >= 11 is 1.38. The van der Waals surface area contributed by atoms with Crippen LogP contribution in [0.2, 0.25) is 0 Å². The normalized spacial score (nSPS) is 10.9. The van der Waals surface area contributed by atoms with Crippen LogP contribution < -0.4 is 5.56 Å². The van der Waals surface area contributed by atoms with Gasteiger partial charge in [0.25, 0.3) is 5.56 Å². The van der Waals surface area contributed by atoms with Crippen molar-refractivity contribution < 1.29 is 4.74 Å². The van der Waals surface area contributed by atoms with E-state index in [9.17, 15) is 4.79 Å². The fraction of sp³-hybridized carbons (Fsp3) is 0.154. The Morgan fingerprint density at radius 2 is 2.05 bits per heavy atom. The highest BCUT2D eigenvalue weighted by molar-refractivity contribution is 7.18. The first-order chi connectivity index (χ1) is 9.33. The SMILES string of the molecule is O=c1[nH]cnc2sc(COCc3ccccc3)nc12. The zero-order valence-electron chi connectivity index (χ0n) is 10.00. The molecule has 0 spiro atoms. The number of hydrogen-bond acceptors (Lipinski definition) is 5. The Morgan fingerprint density at radius 1 is 1.21 bits per heavy atom. The third-order valence-electron chi connectivity index (χ3n) is 2.58. The molecule has 1 aromatic carbocycles. The van der Waals surface area contributed by atoms with Crippen LogP contribution in [0, 0.1) is 0 Å². The van der Waals surface area contributed by atoms with E-state index in [0.29, 0.717) is 23.6 Å². The molecule has 3 aromatic rings. The van der Waals surface area contributed by atoms with Crippen molar-refractivity contribution in [1.29, 1.82) is 0 Å². The minimum absolute atomic E-state index is 0.212. The fourth-order valence-electron chi connectivity index (χ4n) is 1.70. The summed E-state index contributed by atoms with van der Waals surface area (Å²) in [6.45, 7) is 0.913. The molecule has 0 aliphatic rings. The van der Waals surface area contributed by atoms with Gasteiger partial charge in [-0.25, -0.2) is 9.97 Å². The van der Waals surface area contributed by atoms with Gasteiger partial charge in [-0.05, 0) is 5.56 Å². The number of nitrogens with zero attached hydrogens (tertiary/aromatic N) is 2. The van der Waals surface area contributed by atoms with Crippen molar-refractivity contribution in [2.75, 3.05) is 0 Å². The second-order valence-corrected chi connectivity index (χ2v) is 5.03. The Balaban J connectivity index is 1.69. The Labute approximate surface area is 112 Å². The van der Waals surface area contributed by atoms with Crippen molar-refractivity contribution in [3.63, 3.8) is 0 Å². The molecule has 3 rings (SSSR count). The first-order valence-electron chi connectivity index (χ1n) is 5.78. The number of benzene rings is 1. The highest BCUT2D eigenvalue weighted by Gasteiger charge is 2.07. The van der Waals surface area contributed by atoms with Gasteiger partial charge in [-0.15, -0.1) is 0 Å². The van der Waals surface area contributed by atoms with E-state index in [0.717, 1.165) is 10.6 Å². The van der Waals surface area contributed by atoms with Crippen LogP contribution in [0.25, 0.3) is 10.3 Å². The third-order valence-corrected chi connectivity index (χ3v) is 3.52. The lowest BCUT2D eigenvalue weighted by molar-refractivity contribution is 0.107. The van der Waals surface area contributed by atoms with Crippen molar-refractivity contribution in [3.05, 3.63) is 57.6 Å². The van der Waals surface area contributed by atoms with E-state index < -0.39 is 0 Å². The third kappa shape index (κ3) is 2.69. The minimum Gasteiger partial charge on any atom is -0.370 e. The van der Waals surface area contributed by atoms with Crippen molar-refractivity contribution in [2.45, 2.75) is 13.2 Å². The largest absolute Gasteiger partial charge is 0.370 e. The van der Waals surface area contributed by atoms with Crippen LogP contribution in [0.5, 0.6) is 0 Å². The van der Waals surface area contributed by atoms with Gasteiger partial charge < -0.3 is 9.72 Å². The zero-order chi connectivity index (χ0) is 13.1. The number of H-pyrrole nitrogens is 1. The van der Waals surface area contributed by atoms with E-state index >= 15 is 0 Å². The lowest BCUT2D eigenvalue weighted by atomic mass is 10.2. The molecule has 0 saturated heterocycles. The summed E-state index contributed by atoms with van der Waals surface area (Å²) < 4.78 is 5.58. The van der Waals surface area contributed by atoms with Crippen molar-refractivity contribution in [1.82, 2.24) is 15.0 Å². The molecule has 0 saturated carbocycles. The van der Waals surface area contributed by atoms with Gasteiger partial charge in [0.1, 0.15) is 5.01 Å². The van der Waals surface area contributed by atoms with Gasteiger partial charge in [-0.3, -0.25) is 4.79 Å². The number of hydrogen-bond donors (Lipinski definition) is 1. The Bertz CT molecular complexity index is 736. The van der Waals surface area contributed by atoms with Gasteiger partial charge in [-0.2, -0.15) is 0 Å². The molecule has 0 atom stereocenters. The lowest BCUT2D eigenvalue weighted by Gasteiger charge is -2.01. The number of aromatic amines is 1. The Kier molecular flexibility index (Phi) is 3.35. The number of ether oxygens (including phenoxy) is 1. The molecule has 0 fully saturated rings. The number of rotatable bonds is 4. The smallest absolute Gasteiger partial charge is 0.278 e. The summed E-state index contributed by atoms with van der Waals surface area (Å²) in [6, 6.07) is 9.92. The number of thiazole rings is 1. The van der Waals surface area contributed by atoms with Gasteiger partial charge in [0.15, 0.2) is 10.3 Å². The van der Waals surface area contributed by atoms with Crippen LogP contribution in [0.1, 0.15) is 10.6 Å². The van der Waals surface area contributed by atoms with Gasteiger partial charge in [-0.1, -0.05) is 41.7 Å². The van der Waals surface area contributed by atoms with Gasteiger partial charge >= 0.3 is 0 Å². The summed E-state index contributed by atoms with van der Waals surface area (Å²) in [6.07, 6.45) is 1.39. The summed E-state index contributed by atoms with van der Waals surface area (Å²) in [7, 11) is 0. The lowest BCUT2D eigenvalue weighted by Crippen LogP contribution is -2.05. The van der Waals surface area contributed by atoms with Crippen LogP contribution in [-0.4, -0.2) is 15.0 Å². The van der Waals surface area contributed by atoms with Gasteiger partial charge in [0.05, 0.1) is 19.5 Å². The van der Waals surface area contributed by atoms with E-state index in [-0.39, 0.29) is 5.56 Å². The molecule has 2 aromatic heterocycles. The molecule has 0 bridgehead atoms. The second kappa shape index (κ2) is 5.29. The molecular weight excluding hydrogens is 262 g/mol. The van der Waals surface area contributed by atoms with Gasteiger partial charge in [0, 0.05) is 0 Å². The van der Waals surface area contributed by atoms with Crippen molar-refractivity contribution in [3.8, 4) is 0 Å². The highest BCUT2D eigenvalue weighted by Crippen LogP contribution is 2.17. The van der Waals surface area contributed by atoms with Crippen LogP contribution in [0.15, 0.2) is 41.5 Å². The first-order valence-corrected chi connectivity index (χ1v) is 6.59. The fourth-order valence-corrected chi connectivity index (χ4v) is 2.54. The van der Waals surface area contributed by atoms with Crippen LogP contribution >= 0.6 is 11.3 Å². The molecule has 2 heterocycles. The molecule has 1 N–H and O–H groups in total. The van der Waals surface area contributed by atoms with Crippen molar-refractivity contribution in [2.24, 2.45) is 0 Å². The maximum absolute atomic E-state index is 11.5. The topological polar surface area (TPSA) is 67.9 Å². The zero-order valence-corrected chi connectivity index (χ0v) is 10.8. The molecule has 0 amide bonds. The molecule has 5 nitrogen and oxygen atoms in total. The molecule has 96 valence electrons. The standard InChI is InChI=1S/C13H11N3O2S/c17-12-11-13(15-8-14-12)19-10(16-11)7-18-6-9-4-2-1-3-5-9/h1-5,8H,6-7H2,(H,14,15,17). The Morgan fingerprint density at radius 3 is 2.84 bits per heavy atom. The summed E-state index contributed by atoms with van der Waals surface area (Å²) in [5, 5.41) is 0.759. The maximum atomic E-state index is 11.5. The average molecular weight is 273 g/mol. The molecular formula is C13H11N3O2S. The number of nitrogens with one attached hydrogen (secondary N) is 1. The molecule has 19 heavy (non-hydrogen) atoms. The van der Waals surface area contributed by atoms with Gasteiger partial charge in [0.2, 0.25) is 0 Å². The van der Waals surface area contributed by atoms with E-state index in [2.05, 4.69) is 15.0 Å². The predicted octanol–water partition coefficient (Wildman–Crippen LogP) is 2.10. The van der Waals surface area contributed by atoms with E-state index in [1.165, 1.54) is 17.7 Å². The predicted molar refractivity (Wildman–Crippen MR) is 73.0 cm³/mol. The minimum atomic E-state index is -0.212. The van der Waals surface area contributed by atoms with Crippen LogP contribution in [-0.2, 0) is 18.0 Å². The first kappa shape index (κ1) is 12.0. The van der Waals surface area contributed by atoms with Crippen LogP contribution in [0.3, 0.4) is 0 Å². The van der Waals surface area contributed by atoms with E-state index in [4.69, 9.17) is 4.74 Å². The quantitative estimate of drug-likeness (QED) is 0.790. The molecule has 0 radical (unpaired) electrons. The van der Waals surface area contributed by atoms with E-state index in [1.807, 2.05) is 30.3 Å². The Hall–Kier alpha value is -2.05. The second-order valence-electron chi connectivity index (χ2n) is 3.97. The number of fused-ring (bicyclic) bond motifs is 1. The molecule has 0 aliphatic heterocycles.